The lowest BCUT2D eigenvalue weighted by molar-refractivity contribution is 0.0931. The number of hydrogen-bond donors (Lipinski definition) is 2. The molecule has 19 heavy (non-hydrogen) atoms. The number of carbonyl (C=O) groups is 1. The van der Waals surface area contributed by atoms with E-state index in [1.807, 2.05) is 30.3 Å². The van der Waals surface area contributed by atoms with Crippen LogP contribution >= 0.6 is 0 Å². The van der Waals surface area contributed by atoms with Gasteiger partial charge in [0.2, 0.25) is 0 Å². The Balaban J connectivity index is 1.89. The number of carbonyl (C=O) groups excluding carboxylic acids is 1. The molecule has 1 fully saturated rings. The minimum atomic E-state index is -0.126. The molecule has 2 unspecified atom stereocenters. The minimum absolute atomic E-state index is 0.0685. The Bertz CT molecular complexity index is 606. The average Bonchev–Trinajstić information content (AvgIpc) is 2.83. The third-order valence-corrected chi connectivity index (χ3v) is 3.77. The Morgan fingerprint density at radius 1 is 1.26 bits per heavy atom. The van der Waals surface area contributed by atoms with E-state index in [1.54, 1.807) is 6.20 Å². The van der Waals surface area contributed by atoms with E-state index in [0.29, 0.717) is 5.69 Å². The van der Waals surface area contributed by atoms with Gasteiger partial charge in [0.25, 0.3) is 5.91 Å². The predicted molar refractivity (Wildman–Crippen MR) is 74.8 cm³/mol. The maximum atomic E-state index is 12.3. The molecular weight excluding hydrogens is 238 g/mol. The first kappa shape index (κ1) is 12.1. The fourth-order valence-electron chi connectivity index (χ4n) is 2.71. The van der Waals surface area contributed by atoms with Crippen LogP contribution in [0.25, 0.3) is 10.8 Å². The summed E-state index contributed by atoms with van der Waals surface area (Å²) in [5.74, 6) is -0.126. The number of benzene rings is 1. The predicted octanol–water partition coefficient (Wildman–Crippen LogP) is 1.84. The zero-order chi connectivity index (χ0) is 13.2. The van der Waals surface area contributed by atoms with E-state index in [2.05, 4.69) is 10.3 Å². The molecule has 98 valence electrons. The normalized spacial score (nSPS) is 22.6. The van der Waals surface area contributed by atoms with Gasteiger partial charge in [0, 0.05) is 23.7 Å². The van der Waals surface area contributed by atoms with E-state index >= 15 is 0 Å². The topological polar surface area (TPSA) is 68.0 Å². The first-order valence-electron chi connectivity index (χ1n) is 6.66. The standard InChI is InChI=1S/C15H17N3O/c16-12-6-3-7-13(12)18-15(19)14-11-5-2-1-4-10(11)8-9-17-14/h1-2,4-5,8-9,12-13H,3,6-7,16H2,(H,18,19). The number of pyridine rings is 1. The van der Waals surface area contributed by atoms with Gasteiger partial charge in [-0.3, -0.25) is 9.78 Å². The van der Waals surface area contributed by atoms with Gasteiger partial charge in [-0.2, -0.15) is 0 Å². The Labute approximate surface area is 112 Å². The first-order valence-corrected chi connectivity index (χ1v) is 6.66. The number of aromatic nitrogens is 1. The van der Waals surface area contributed by atoms with Crippen LogP contribution in [0.5, 0.6) is 0 Å². The highest BCUT2D eigenvalue weighted by Crippen LogP contribution is 2.19. The van der Waals surface area contributed by atoms with E-state index in [1.165, 1.54) is 0 Å². The number of rotatable bonds is 2. The highest BCUT2D eigenvalue weighted by Gasteiger charge is 2.26. The van der Waals surface area contributed by atoms with E-state index in [9.17, 15) is 4.79 Å². The molecule has 4 heteroatoms. The first-order chi connectivity index (χ1) is 9.25. The summed E-state index contributed by atoms with van der Waals surface area (Å²) in [4.78, 5) is 16.6. The molecule has 1 aliphatic rings. The lowest BCUT2D eigenvalue weighted by Crippen LogP contribution is -2.44. The Morgan fingerprint density at radius 2 is 2.11 bits per heavy atom. The smallest absolute Gasteiger partial charge is 0.270 e. The van der Waals surface area contributed by atoms with Crippen LogP contribution in [0.2, 0.25) is 0 Å². The van der Waals surface area contributed by atoms with Crippen LogP contribution in [0, 0.1) is 0 Å². The summed E-state index contributed by atoms with van der Waals surface area (Å²) in [5.41, 5.74) is 6.47. The van der Waals surface area contributed by atoms with Crippen molar-refractivity contribution >= 4 is 16.7 Å². The van der Waals surface area contributed by atoms with Crippen molar-refractivity contribution in [3.8, 4) is 0 Å². The van der Waals surface area contributed by atoms with Crippen molar-refractivity contribution in [2.24, 2.45) is 5.73 Å². The highest BCUT2D eigenvalue weighted by molar-refractivity contribution is 6.05. The van der Waals surface area contributed by atoms with Crippen molar-refractivity contribution in [1.29, 1.82) is 0 Å². The number of amides is 1. The monoisotopic (exact) mass is 255 g/mol. The molecule has 1 amide bonds. The Kier molecular flexibility index (Phi) is 3.17. The van der Waals surface area contributed by atoms with Crippen LogP contribution in [0.4, 0.5) is 0 Å². The van der Waals surface area contributed by atoms with Gasteiger partial charge in [0.1, 0.15) is 5.69 Å². The number of nitrogens with two attached hydrogens (primary N) is 1. The van der Waals surface area contributed by atoms with Gasteiger partial charge in [0.15, 0.2) is 0 Å². The fourth-order valence-corrected chi connectivity index (χ4v) is 2.71. The number of nitrogens with one attached hydrogen (secondary N) is 1. The van der Waals surface area contributed by atoms with Crippen molar-refractivity contribution in [2.45, 2.75) is 31.3 Å². The molecule has 3 N–H and O–H groups in total. The maximum Gasteiger partial charge on any atom is 0.270 e. The summed E-state index contributed by atoms with van der Waals surface area (Å²) >= 11 is 0. The number of fused-ring (bicyclic) bond motifs is 1. The molecule has 0 saturated heterocycles. The van der Waals surface area contributed by atoms with Gasteiger partial charge in [-0.1, -0.05) is 24.3 Å². The third kappa shape index (κ3) is 2.31. The minimum Gasteiger partial charge on any atom is -0.346 e. The summed E-state index contributed by atoms with van der Waals surface area (Å²) in [7, 11) is 0. The van der Waals surface area contributed by atoms with Crippen molar-refractivity contribution in [2.75, 3.05) is 0 Å². The lowest BCUT2D eigenvalue weighted by atomic mass is 10.1. The molecule has 2 aromatic rings. The van der Waals surface area contributed by atoms with Gasteiger partial charge in [-0.05, 0) is 30.7 Å². The van der Waals surface area contributed by atoms with Crippen LogP contribution in [0.15, 0.2) is 36.5 Å². The zero-order valence-corrected chi connectivity index (χ0v) is 10.7. The molecular formula is C15H17N3O. The van der Waals surface area contributed by atoms with Gasteiger partial charge in [-0.25, -0.2) is 0 Å². The van der Waals surface area contributed by atoms with Gasteiger partial charge in [0.05, 0.1) is 0 Å². The summed E-state index contributed by atoms with van der Waals surface area (Å²) in [5, 5.41) is 4.92. The van der Waals surface area contributed by atoms with Gasteiger partial charge >= 0.3 is 0 Å². The lowest BCUT2D eigenvalue weighted by Gasteiger charge is -2.17. The largest absolute Gasteiger partial charge is 0.346 e. The Morgan fingerprint density at radius 3 is 2.89 bits per heavy atom. The van der Waals surface area contributed by atoms with Crippen LogP contribution < -0.4 is 11.1 Å². The number of hydrogen-bond acceptors (Lipinski definition) is 3. The molecule has 1 heterocycles. The second-order valence-corrected chi connectivity index (χ2v) is 5.06. The molecule has 1 saturated carbocycles. The van der Waals surface area contributed by atoms with Crippen molar-refractivity contribution in [1.82, 2.24) is 10.3 Å². The van der Waals surface area contributed by atoms with Gasteiger partial charge in [-0.15, -0.1) is 0 Å². The van der Waals surface area contributed by atoms with Crippen molar-refractivity contribution in [3.05, 3.63) is 42.2 Å². The Hall–Kier alpha value is -1.94. The summed E-state index contributed by atoms with van der Waals surface area (Å²) in [6, 6.07) is 9.83. The maximum absolute atomic E-state index is 12.3. The average molecular weight is 255 g/mol. The summed E-state index contributed by atoms with van der Waals surface area (Å²) in [6.07, 6.45) is 4.69. The number of nitrogens with zero attached hydrogens (tertiary/aromatic N) is 1. The molecule has 0 spiro atoms. The fraction of sp³-hybridized carbons (Fsp3) is 0.333. The molecule has 3 rings (SSSR count). The highest BCUT2D eigenvalue weighted by atomic mass is 16.1. The second kappa shape index (κ2) is 4.97. The van der Waals surface area contributed by atoms with E-state index in [-0.39, 0.29) is 18.0 Å². The molecule has 4 nitrogen and oxygen atoms in total. The molecule has 0 radical (unpaired) electrons. The van der Waals surface area contributed by atoms with Crippen LogP contribution in [0.1, 0.15) is 29.8 Å². The quantitative estimate of drug-likeness (QED) is 0.860. The molecule has 2 atom stereocenters. The van der Waals surface area contributed by atoms with Crippen molar-refractivity contribution < 1.29 is 4.79 Å². The van der Waals surface area contributed by atoms with Gasteiger partial charge < -0.3 is 11.1 Å². The summed E-state index contributed by atoms with van der Waals surface area (Å²) in [6.45, 7) is 0. The molecule has 1 aromatic carbocycles. The molecule has 0 aliphatic heterocycles. The van der Waals surface area contributed by atoms with Crippen LogP contribution in [0.3, 0.4) is 0 Å². The van der Waals surface area contributed by atoms with Crippen LogP contribution in [-0.4, -0.2) is 23.0 Å². The second-order valence-electron chi connectivity index (χ2n) is 5.06. The molecule has 1 aromatic heterocycles. The van der Waals surface area contributed by atoms with E-state index < -0.39 is 0 Å². The van der Waals surface area contributed by atoms with Crippen LogP contribution in [-0.2, 0) is 0 Å². The van der Waals surface area contributed by atoms with Crippen molar-refractivity contribution in [3.63, 3.8) is 0 Å². The van der Waals surface area contributed by atoms with E-state index in [0.717, 1.165) is 30.0 Å². The molecule has 0 bridgehead atoms. The van der Waals surface area contributed by atoms with E-state index in [4.69, 9.17) is 5.73 Å². The summed E-state index contributed by atoms with van der Waals surface area (Å²) < 4.78 is 0. The SMILES string of the molecule is NC1CCCC1NC(=O)c1nccc2ccccc12. The third-order valence-electron chi connectivity index (χ3n) is 3.77. The molecule has 1 aliphatic carbocycles. The zero-order valence-electron chi connectivity index (χ0n) is 10.7.